The van der Waals surface area contributed by atoms with E-state index in [2.05, 4.69) is 30.7 Å². The molecule has 1 aromatic heterocycles. The monoisotopic (exact) mass is 326 g/mol. The molecule has 128 valence electrons. The van der Waals surface area contributed by atoms with Crippen LogP contribution in [0.5, 0.6) is 0 Å². The lowest BCUT2D eigenvalue weighted by Crippen LogP contribution is -2.39. The van der Waals surface area contributed by atoms with Crippen LogP contribution in [-0.2, 0) is 0 Å². The lowest BCUT2D eigenvalue weighted by molar-refractivity contribution is 0.0698. The molecular formula is C20H26N2O2. The first-order valence-electron chi connectivity index (χ1n) is 8.72. The molecule has 3 rings (SSSR count). The molecular weight excluding hydrogens is 300 g/mol. The maximum atomic E-state index is 11.5. The molecule has 1 aliphatic rings. The average Bonchev–Trinajstić information content (AvgIpc) is 2.53. The number of hydrogen-bond acceptors (Lipinski definition) is 3. The molecule has 0 amide bonds. The van der Waals surface area contributed by atoms with Gasteiger partial charge in [-0.2, -0.15) is 0 Å². The minimum atomic E-state index is -0.916. The molecule has 0 radical (unpaired) electrons. The van der Waals surface area contributed by atoms with Crippen LogP contribution in [0.25, 0.3) is 10.9 Å². The molecule has 1 atom stereocenters. The van der Waals surface area contributed by atoms with Crippen molar-refractivity contribution < 1.29 is 9.90 Å². The van der Waals surface area contributed by atoms with Crippen LogP contribution in [-0.4, -0.2) is 34.0 Å². The van der Waals surface area contributed by atoms with E-state index in [9.17, 15) is 9.90 Å². The second-order valence-corrected chi connectivity index (χ2v) is 7.95. The summed E-state index contributed by atoms with van der Waals surface area (Å²) in [5.74, 6) is -0.916. The van der Waals surface area contributed by atoms with Crippen molar-refractivity contribution in [3.8, 4) is 0 Å². The van der Waals surface area contributed by atoms with Gasteiger partial charge in [0.1, 0.15) is 0 Å². The largest absolute Gasteiger partial charge is 0.478 e. The maximum Gasteiger partial charge on any atom is 0.337 e. The summed E-state index contributed by atoms with van der Waals surface area (Å²) in [6.07, 6.45) is 5.24. The highest BCUT2D eigenvalue weighted by molar-refractivity contribution is 6.02. The van der Waals surface area contributed by atoms with Gasteiger partial charge in [-0.15, -0.1) is 0 Å². The van der Waals surface area contributed by atoms with Gasteiger partial charge in [-0.05, 0) is 42.5 Å². The van der Waals surface area contributed by atoms with Crippen molar-refractivity contribution in [1.82, 2.24) is 9.88 Å². The highest BCUT2D eigenvalue weighted by atomic mass is 16.4. The SMILES string of the molecule is CC(C)(C)CN1CCCCC1c1ccc(C(=O)O)c2ncccc12. The van der Waals surface area contributed by atoms with Crippen molar-refractivity contribution in [3.63, 3.8) is 0 Å². The zero-order chi connectivity index (χ0) is 17.3. The molecule has 2 heterocycles. The van der Waals surface area contributed by atoms with E-state index in [0.29, 0.717) is 11.6 Å². The van der Waals surface area contributed by atoms with Crippen LogP contribution in [0, 0.1) is 5.41 Å². The Labute approximate surface area is 143 Å². The molecule has 24 heavy (non-hydrogen) atoms. The van der Waals surface area contributed by atoms with Crippen LogP contribution in [0.15, 0.2) is 30.5 Å². The molecule has 1 fully saturated rings. The molecule has 0 saturated carbocycles. The number of fused-ring (bicyclic) bond motifs is 1. The topological polar surface area (TPSA) is 53.4 Å². The summed E-state index contributed by atoms with van der Waals surface area (Å²) >= 11 is 0. The Bertz CT molecular complexity index is 749. The second-order valence-electron chi connectivity index (χ2n) is 7.95. The smallest absolute Gasteiger partial charge is 0.337 e. The number of carbonyl (C=O) groups is 1. The molecule has 1 unspecified atom stereocenters. The van der Waals surface area contributed by atoms with Gasteiger partial charge in [0.05, 0.1) is 11.1 Å². The molecule has 1 aromatic carbocycles. The summed E-state index contributed by atoms with van der Waals surface area (Å²) < 4.78 is 0. The number of piperidine rings is 1. The molecule has 0 aliphatic carbocycles. The number of aromatic nitrogens is 1. The molecule has 4 nitrogen and oxygen atoms in total. The van der Waals surface area contributed by atoms with Crippen molar-refractivity contribution in [2.45, 2.75) is 46.1 Å². The quantitative estimate of drug-likeness (QED) is 0.902. The molecule has 0 spiro atoms. The molecule has 1 N–H and O–H groups in total. The van der Waals surface area contributed by atoms with Gasteiger partial charge < -0.3 is 5.11 Å². The highest BCUT2D eigenvalue weighted by Gasteiger charge is 2.29. The Morgan fingerprint density at radius 2 is 2.08 bits per heavy atom. The van der Waals surface area contributed by atoms with E-state index in [1.807, 2.05) is 18.2 Å². The first-order chi connectivity index (χ1) is 11.4. The standard InChI is InChI=1S/C20H26N2O2/c1-20(2,3)13-22-12-5-4-8-17(22)14-9-10-16(19(23)24)18-15(14)7-6-11-21-18/h6-7,9-11,17H,4-5,8,12-13H2,1-3H3,(H,23,24). The highest BCUT2D eigenvalue weighted by Crippen LogP contribution is 2.37. The van der Waals surface area contributed by atoms with Gasteiger partial charge in [-0.3, -0.25) is 9.88 Å². The molecule has 1 aliphatic heterocycles. The van der Waals surface area contributed by atoms with Crippen molar-refractivity contribution in [3.05, 3.63) is 41.6 Å². The summed E-state index contributed by atoms with van der Waals surface area (Å²) in [5, 5.41) is 10.4. The third kappa shape index (κ3) is 3.44. The van der Waals surface area contributed by atoms with E-state index in [4.69, 9.17) is 0 Å². The fourth-order valence-corrected chi connectivity index (χ4v) is 3.80. The molecule has 1 saturated heterocycles. The van der Waals surface area contributed by atoms with Crippen LogP contribution >= 0.6 is 0 Å². The van der Waals surface area contributed by atoms with Crippen molar-refractivity contribution in [1.29, 1.82) is 0 Å². The van der Waals surface area contributed by atoms with E-state index < -0.39 is 5.97 Å². The Morgan fingerprint density at radius 1 is 1.29 bits per heavy atom. The zero-order valence-electron chi connectivity index (χ0n) is 14.7. The number of likely N-dealkylation sites (tertiary alicyclic amines) is 1. The average molecular weight is 326 g/mol. The van der Waals surface area contributed by atoms with E-state index in [-0.39, 0.29) is 11.0 Å². The van der Waals surface area contributed by atoms with E-state index >= 15 is 0 Å². The van der Waals surface area contributed by atoms with Crippen molar-refractivity contribution in [2.24, 2.45) is 5.41 Å². The predicted molar refractivity (Wildman–Crippen MR) is 96.3 cm³/mol. The third-order valence-corrected chi connectivity index (χ3v) is 4.68. The fourth-order valence-electron chi connectivity index (χ4n) is 3.80. The lowest BCUT2D eigenvalue weighted by atomic mass is 9.88. The second kappa shape index (κ2) is 6.52. The van der Waals surface area contributed by atoms with Gasteiger partial charge in [0, 0.05) is 24.2 Å². The van der Waals surface area contributed by atoms with E-state index in [1.165, 1.54) is 18.4 Å². The molecule has 2 aromatic rings. The number of aromatic carboxylic acids is 1. The van der Waals surface area contributed by atoms with Crippen LogP contribution < -0.4 is 0 Å². The first-order valence-corrected chi connectivity index (χ1v) is 8.72. The van der Waals surface area contributed by atoms with Crippen LogP contribution in [0.1, 0.15) is 62.0 Å². The lowest BCUT2D eigenvalue weighted by Gasteiger charge is -2.40. The number of pyridine rings is 1. The Hall–Kier alpha value is -1.94. The summed E-state index contributed by atoms with van der Waals surface area (Å²) in [6.45, 7) is 8.95. The maximum absolute atomic E-state index is 11.5. The minimum Gasteiger partial charge on any atom is -0.478 e. The number of carboxylic acid groups (broad SMARTS) is 1. The van der Waals surface area contributed by atoms with Gasteiger partial charge in [-0.1, -0.05) is 39.3 Å². The Kier molecular flexibility index (Phi) is 4.59. The summed E-state index contributed by atoms with van der Waals surface area (Å²) in [4.78, 5) is 18.4. The van der Waals surface area contributed by atoms with E-state index in [0.717, 1.165) is 24.9 Å². The van der Waals surface area contributed by atoms with E-state index in [1.54, 1.807) is 12.3 Å². The zero-order valence-corrected chi connectivity index (χ0v) is 14.7. The van der Waals surface area contributed by atoms with Gasteiger partial charge in [-0.25, -0.2) is 4.79 Å². The number of hydrogen-bond donors (Lipinski definition) is 1. The van der Waals surface area contributed by atoms with Crippen molar-refractivity contribution in [2.75, 3.05) is 13.1 Å². The van der Waals surface area contributed by atoms with Crippen LogP contribution in [0.3, 0.4) is 0 Å². The molecule has 4 heteroatoms. The van der Waals surface area contributed by atoms with Gasteiger partial charge >= 0.3 is 5.97 Å². The molecule has 0 bridgehead atoms. The summed E-state index contributed by atoms with van der Waals surface area (Å²) in [6, 6.07) is 7.96. The normalized spacial score (nSPS) is 19.5. The van der Waals surface area contributed by atoms with Gasteiger partial charge in [0.25, 0.3) is 0 Å². The van der Waals surface area contributed by atoms with Crippen LogP contribution in [0.2, 0.25) is 0 Å². The van der Waals surface area contributed by atoms with Gasteiger partial charge in [0.2, 0.25) is 0 Å². The number of benzene rings is 1. The minimum absolute atomic E-state index is 0.241. The number of carboxylic acids is 1. The first kappa shape index (κ1) is 16.9. The van der Waals surface area contributed by atoms with Gasteiger partial charge in [0.15, 0.2) is 0 Å². The van der Waals surface area contributed by atoms with Crippen molar-refractivity contribution >= 4 is 16.9 Å². The fraction of sp³-hybridized carbons (Fsp3) is 0.500. The number of nitrogens with zero attached hydrogens (tertiary/aromatic N) is 2. The third-order valence-electron chi connectivity index (χ3n) is 4.68. The summed E-state index contributed by atoms with van der Waals surface area (Å²) in [5.41, 5.74) is 2.34. The Balaban J connectivity index is 2.07. The predicted octanol–water partition coefficient (Wildman–Crippen LogP) is 4.51. The number of rotatable bonds is 3. The summed E-state index contributed by atoms with van der Waals surface area (Å²) in [7, 11) is 0. The Morgan fingerprint density at radius 3 is 2.79 bits per heavy atom. The van der Waals surface area contributed by atoms with Crippen LogP contribution in [0.4, 0.5) is 0 Å².